The number of hydrogen-bond acceptors (Lipinski definition) is 7. The van der Waals surface area contributed by atoms with Gasteiger partial charge in [-0.2, -0.15) is 10.1 Å². The van der Waals surface area contributed by atoms with Crippen molar-refractivity contribution in [2.75, 3.05) is 12.5 Å². The lowest BCUT2D eigenvalue weighted by molar-refractivity contribution is 0.373. The Bertz CT molecular complexity index is 1140. The Morgan fingerprint density at radius 3 is 2.96 bits per heavy atom. The van der Waals surface area contributed by atoms with Crippen LogP contribution in [0.3, 0.4) is 0 Å². The monoisotopic (exact) mass is 348 g/mol. The summed E-state index contributed by atoms with van der Waals surface area (Å²) in [5, 5.41) is 23.0. The van der Waals surface area contributed by atoms with Crippen molar-refractivity contribution in [3.63, 3.8) is 0 Å². The van der Waals surface area contributed by atoms with E-state index in [1.165, 1.54) is 13.2 Å². The van der Waals surface area contributed by atoms with Crippen LogP contribution in [0.5, 0.6) is 11.5 Å². The molecule has 4 rings (SSSR count). The number of phenols is 1. The van der Waals surface area contributed by atoms with Crippen molar-refractivity contribution in [1.82, 2.24) is 20.2 Å². The Morgan fingerprint density at radius 2 is 2.12 bits per heavy atom. The van der Waals surface area contributed by atoms with Crippen LogP contribution in [-0.4, -0.2) is 38.6 Å². The highest BCUT2D eigenvalue weighted by Gasteiger charge is 2.10. The number of fused-ring (bicyclic) bond motifs is 3. The fraction of sp³-hybridized carbons (Fsp3) is 0.111. The van der Waals surface area contributed by atoms with Gasteiger partial charge in [0, 0.05) is 5.39 Å². The Kier molecular flexibility index (Phi) is 3.85. The summed E-state index contributed by atoms with van der Waals surface area (Å²) in [6, 6.07) is 10.9. The van der Waals surface area contributed by atoms with E-state index in [-0.39, 0.29) is 11.7 Å². The van der Waals surface area contributed by atoms with Crippen LogP contribution in [0.4, 0.5) is 5.95 Å². The molecule has 8 nitrogen and oxygen atoms in total. The van der Waals surface area contributed by atoms with E-state index < -0.39 is 0 Å². The van der Waals surface area contributed by atoms with Crippen molar-refractivity contribution >= 4 is 34.2 Å². The van der Waals surface area contributed by atoms with Crippen molar-refractivity contribution in [3.05, 3.63) is 47.5 Å². The van der Waals surface area contributed by atoms with Gasteiger partial charge in [0.05, 0.1) is 18.8 Å². The third-order valence-electron chi connectivity index (χ3n) is 4.04. The molecule has 2 aromatic carbocycles. The number of aromatic hydroxyl groups is 1. The molecule has 0 fully saturated rings. The second-order valence-corrected chi connectivity index (χ2v) is 5.76. The number of nitrogens with zero attached hydrogens (tertiary/aromatic N) is 4. The van der Waals surface area contributed by atoms with E-state index in [1.54, 1.807) is 18.3 Å². The van der Waals surface area contributed by atoms with Crippen molar-refractivity contribution in [2.24, 2.45) is 5.10 Å². The number of para-hydroxylation sites is 1. The Morgan fingerprint density at radius 1 is 1.23 bits per heavy atom. The molecule has 8 heteroatoms. The molecular formula is C18H16N6O2. The summed E-state index contributed by atoms with van der Waals surface area (Å²) in [6.07, 6.45) is 1.57. The number of hydrazone groups is 1. The van der Waals surface area contributed by atoms with Crippen molar-refractivity contribution < 1.29 is 9.84 Å². The topological polar surface area (TPSA) is 108 Å². The molecular weight excluding hydrogens is 332 g/mol. The predicted molar refractivity (Wildman–Crippen MR) is 99.8 cm³/mol. The number of aromatic nitrogens is 4. The maximum Gasteiger partial charge on any atom is 0.265 e. The molecule has 0 atom stereocenters. The Hall–Kier alpha value is -3.68. The van der Waals surface area contributed by atoms with Crippen LogP contribution in [0.1, 0.15) is 11.1 Å². The minimum Gasteiger partial charge on any atom is -0.504 e. The van der Waals surface area contributed by atoms with Crippen molar-refractivity contribution in [2.45, 2.75) is 6.92 Å². The van der Waals surface area contributed by atoms with Gasteiger partial charge in [-0.15, -0.1) is 10.2 Å². The van der Waals surface area contributed by atoms with Gasteiger partial charge in [0.2, 0.25) is 0 Å². The van der Waals surface area contributed by atoms with Crippen LogP contribution < -0.4 is 10.2 Å². The number of phenolic OH excluding ortho intramolecular Hbond substituents is 1. The summed E-state index contributed by atoms with van der Waals surface area (Å²) >= 11 is 0. The number of H-pyrrole nitrogens is 1. The lowest BCUT2D eigenvalue weighted by Crippen LogP contribution is -1.99. The molecule has 2 aromatic heterocycles. The van der Waals surface area contributed by atoms with Gasteiger partial charge in [0.1, 0.15) is 5.52 Å². The van der Waals surface area contributed by atoms with Crippen LogP contribution in [-0.2, 0) is 0 Å². The fourth-order valence-electron chi connectivity index (χ4n) is 2.73. The average Bonchev–Trinajstić information content (AvgIpc) is 3.02. The Balaban J connectivity index is 1.59. The number of ether oxygens (including phenoxy) is 1. The van der Waals surface area contributed by atoms with Gasteiger partial charge in [-0.25, -0.2) is 5.43 Å². The highest BCUT2D eigenvalue weighted by atomic mass is 16.5. The van der Waals surface area contributed by atoms with Crippen molar-refractivity contribution in [3.8, 4) is 11.5 Å². The molecule has 26 heavy (non-hydrogen) atoms. The van der Waals surface area contributed by atoms with E-state index in [0.717, 1.165) is 27.5 Å². The zero-order valence-corrected chi connectivity index (χ0v) is 14.2. The number of benzene rings is 2. The highest BCUT2D eigenvalue weighted by Crippen LogP contribution is 2.26. The third-order valence-corrected chi connectivity index (χ3v) is 4.04. The standard InChI is InChI=1S/C18H16N6O2/c1-10-4-3-5-12-15(10)20-17-16(12)22-24-18(21-17)23-19-9-11-6-7-13(25)14(8-11)26-2/h3-9,25H,1-2H3,(H2,20,21,23,24)/b19-9-. The number of aryl methyl sites for hydroxylation is 1. The summed E-state index contributed by atoms with van der Waals surface area (Å²) in [6.45, 7) is 2.03. The van der Waals surface area contributed by atoms with Gasteiger partial charge in [-0.3, -0.25) is 0 Å². The smallest absolute Gasteiger partial charge is 0.265 e. The number of nitrogens with one attached hydrogen (secondary N) is 2. The maximum absolute atomic E-state index is 9.60. The number of rotatable bonds is 4. The predicted octanol–water partition coefficient (Wildman–Crippen LogP) is 2.97. The summed E-state index contributed by atoms with van der Waals surface area (Å²) in [5.41, 5.74) is 7.00. The van der Waals surface area contributed by atoms with E-state index in [2.05, 4.69) is 30.7 Å². The molecule has 0 aliphatic heterocycles. The van der Waals surface area contributed by atoms with Crippen LogP contribution in [0.15, 0.2) is 41.5 Å². The van der Waals surface area contributed by atoms with Crippen LogP contribution in [0.2, 0.25) is 0 Å². The number of aromatic amines is 1. The number of anilines is 1. The molecule has 0 amide bonds. The largest absolute Gasteiger partial charge is 0.504 e. The van der Waals surface area contributed by atoms with E-state index in [0.29, 0.717) is 11.4 Å². The molecule has 0 unspecified atom stereocenters. The number of hydrogen-bond donors (Lipinski definition) is 3. The zero-order valence-electron chi connectivity index (χ0n) is 14.2. The molecule has 0 spiro atoms. The molecule has 4 aromatic rings. The molecule has 2 heterocycles. The van der Waals surface area contributed by atoms with Gasteiger partial charge in [-0.1, -0.05) is 18.2 Å². The molecule has 0 saturated heterocycles. The van der Waals surface area contributed by atoms with E-state index >= 15 is 0 Å². The first kappa shape index (κ1) is 15.8. The zero-order chi connectivity index (χ0) is 18.1. The lowest BCUT2D eigenvalue weighted by Gasteiger charge is -2.03. The quantitative estimate of drug-likeness (QED) is 0.386. The van der Waals surface area contributed by atoms with Crippen LogP contribution in [0.25, 0.3) is 22.1 Å². The minimum absolute atomic E-state index is 0.0738. The van der Waals surface area contributed by atoms with Crippen molar-refractivity contribution in [1.29, 1.82) is 0 Å². The summed E-state index contributed by atoms with van der Waals surface area (Å²) in [4.78, 5) is 7.68. The lowest BCUT2D eigenvalue weighted by atomic mass is 10.1. The summed E-state index contributed by atoms with van der Waals surface area (Å²) in [7, 11) is 1.49. The molecule has 0 bridgehead atoms. The summed E-state index contributed by atoms with van der Waals surface area (Å²) < 4.78 is 5.07. The Labute approximate surface area is 148 Å². The van der Waals surface area contributed by atoms with E-state index in [1.807, 2.05) is 25.1 Å². The molecule has 130 valence electrons. The molecule has 0 aliphatic carbocycles. The minimum atomic E-state index is 0.0738. The van der Waals surface area contributed by atoms with Gasteiger partial charge in [-0.05, 0) is 36.2 Å². The molecule has 0 aliphatic rings. The first-order valence-corrected chi connectivity index (χ1v) is 7.93. The second-order valence-electron chi connectivity index (χ2n) is 5.76. The summed E-state index contributed by atoms with van der Waals surface area (Å²) in [5.74, 6) is 0.732. The molecule has 3 N–H and O–H groups in total. The first-order chi connectivity index (χ1) is 12.7. The first-order valence-electron chi connectivity index (χ1n) is 7.93. The van der Waals surface area contributed by atoms with E-state index in [4.69, 9.17) is 4.74 Å². The average molecular weight is 348 g/mol. The number of methoxy groups -OCH3 is 1. The van der Waals surface area contributed by atoms with Gasteiger partial charge in [0.15, 0.2) is 17.1 Å². The van der Waals surface area contributed by atoms with Gasteiger partial charge >= 0.3 is 0 Å². The molecule has 0 saturated carbocycles. The van der Waals surface area contributed by atoms with Gasteiger partial charge < -0.3 is 14.8 Å². The SMILES string of the molecule is COc1cc(/C=N\Nc2nnc3c(n2)[nH]c2c(C)cccc23)ccc1O. The maximum atomic E-state index is 9.60. The van der Waals surface area contributed by atoms with E-state index in [9.17, 15) is 5.11 Å². The van der Waals surface area contributed by atoms with Crippen LogP contribution >= 0.6 is 0 Å². The normalized spacial score (nSPS) is 11.5. The third kappa shape index (κ3) is 2.77. The van der Waals surface area contributed by atoms with Crippen LogP contribution in [0, 0.1) is 6.92 Å². The van der Waals surface area contributed by atoms with Gasteiger partial charge in [0.25, 0.3) is 5.95 Å². The highest BCUT2D eigenvalue weighted by molar-refractivity contribution is 6.04. The molecule has 0 radical (unpaired) electrons. The fourth-order valence-corrected chi connectivity index (χ4v) is 2.73. The second kappa shape index (κ2) is 6.32.